The number of para-hydroxylation sites is 2. The average molecular weight is 560 g/mol. The van der Waals surface area contributed by atoms with Crippen molar-refractivity contribution in [2.24, 2.45) is 0 Å². The smallest absolute Gasteiger partial charge is 0.339 e. The maximum atomic E-state index is 12.1. The first-order chi connectivity index (χ1) is 19.9. The molecule has 0 saturated carbocycles. The predicted octanol–water partition coefficient (Wildman–Crippen LogP) is 10.5. The molecule has 0 aliphatic carbocycles. The standard InChI is InChI=1S/C37H53NO3/c1-4-5-6-7-8-9-10-11-12-13-14-15-16-17-18-21-29-38-33-26-20-19-25-32(33)36(2,3)37(38)28-27-30-23-22-24-31(35(39)40)34(30)41-37/h19-20,22-28H,4-18,21,29H2,1-3H3,(H,39,40). The van der Waals surface area contributed by atoms with E-state index in [0.29, 0.717) is 5.75 Å². The Labute approximate surface area is 249 Å². The zero-order valence-corrected chi connectivity index (χ0v) is 25.9. The van der Waals surface area contributed by atoms with Crippen molar-refractivity contribution in [3.8, 4) is 5.75 Å². The minimum absolute atomic E-state index is 0.223. The highest BCUT2D eigenvalue weighted by molar-refractivity contribution is 5.93. The minimum Gasteiger partial charge on any atom is -0.478 e. The summed E-state index contributed by atoms with van der Waals surface area (Å²) >= 11 is 0. The second kappa shape index (κ2) is 14.9. The van der Waals surface area contributed by atoms with Gasteiger partial charge in [-0.3, -0.25) is 0 Å². The quantitative estimate of drug-likeness (QED) is 0.185. The fourth-order valence-corrected chi connectivity index (χ4v) is 6.89. The number of carboxylic acids is 1. The molecule has 1 atom stereocenters. The first-order valence-corrected chi connectivity index (χ1v) is 16.5. The molecule has 0 bridgehead atoms. The van der Waals surface area contributed by atoms with E-state index in [0.717, 1.165) is 18.5 Å². The molecule has 1 spiro atoms. The van der Waals surface area contributed by atoms with E-state index in [4.69, 9.17) is 4.74 Å². The zero-order chi connectivity index (χ0) is 29.1. The van der Waals surface area contributed by atoms with Gasteiger partial charge in [0, 0.05) is 17.8 Å². The van der Waals surface area contributed by atoms with Crippen molar-refractivity contribution in [3.63, 3.8) is 0 Å². The highest BCUT2D eigenvalue weighted by atomic mass is 16.5. The Morgan fingerprint density at radius 1 is 0.756 bits per heavy atom. The van der Waals surface area contributed by atoms with Crippen LogP contribution in [0.3, 0.4) is 0 Å². The van der Waals surface area contributed by atoms with Crippen molar-refractivity contribution < 1.29 is 14.6 Å². The van der Waals surface area contributed by atoms with Gasteiger partial charge in [0.15, 0.2) is 0 Å². The molecule has 2 aromatic rings. The summed E-state index contributed by atoms with van der Waals surface area (Å²) in [5.41, 5.74) is 2.38. The molecule has 1 unspecified atom stereocenters. The topological polar surface area (TPSA) is 49.8 Å². The zero-order valence-electron chi connectivity index (χ0n) is 25.9. The lowest BCUT2D eigenvalue weighted by molar-refractivity contribution is 0.0488. The van der Waals surface area contributed by atoms with E-state index in [1.807, 2.05) is 6.07 Å². The average Bonchev–Trinajstić information content (AvgIpc) is 3.14. The third kappa shape index (κ3) is 7.19. The van der Waals surface area contributed by atoms with E-state index < -0.39 is 11.7 Å². The SMILES string of the molecule is CCCCCCCCCCCCCCCCCCN1c2ccccc2C(C)(C)C12C=Cc1cccc(C(=O)O)c1O2. The Morgan fingerprint density at radius 2 is 1.32 bits per heavy atom. The number of anilines is 1. The van der Waals surface area contributed by atoms with Gasteiger partial charge < -0.3 is 14.7 Å². The molecule has 4 heteroatoms. The monoisotopic (exact) mass is 559 g/mol. The fraction of sp³-hybridized carbons (Fsp3) is 0.595. The Morgan fingerprint density at radius 3 is 1.90 bits per heavy atom. The van der Waals surface area contributed by atoms with Crippen LogP contribution < -0.4 is 9.64 Å². The number of hydrogen-bond acceptors (Lipinski definition) is 3. The summed E-state index contributed by atoms with van der Waals surface area (Å²) < 4.78 is 6.82. The maximum absolute atomic E-state index is 12.1. The van der Waals surface area contributed by atoms with Crippen LogP contribution in [0.25, 0.3) is 6.08 Å². The molecule has 4 rings (SSSR count). The molecule has 2 aliphatic heterocycles. The third-order valence-corrected chi connectivity index (χ3v) is 9.42. The molecule has 0 aromatic heterocycles. The summed E-state index contributed by atoms with van der Waals surface area (Å²) in [5.74, 6) is -0.481. The predicted molar refractivity (Wildman–Crippen MR) is 172 cm³/mol. The van der Waals surface area contributed by atoms with Crippen molar-refractivity contribution in [2.45, 2.75) is 135 Å². The highest BCUT2D eigenvalue weighted by Crippen LogP contribution is 2.55. The highest BCUT2D eigenvalue weighted by Gasteiger charge is 2.58. The molecule has 0 fully saturated rings. The lowest BCUT2D eigenvalue weighted by Crippen LogP contribution is -2.59. The Kier molecular flexibility index (Phi) is 11.4. The Bertz CT molecular complexity index is 1150. The molecule has 41 heavy (non-hydrogen) atoms. The fourth-order valence-electron chi connectivity index (χ4n) is 6.89. The number of carboxylic acid groups (broad SMARTS) is 1. The summed E-state index contributed by atoms with van der Waals surface area (Å²) in [6.07, 6.45) is 25.9. The van der Waals surface area contributed by atoms with Crippen molar-refractivity contribution in [1.82, 2.24) is 0 Å². The van der Waals surface area contributed by atoms with Crippen molar-refractivity contribution >= 4 is 17.7 Å². The molecule has 0 radical (unpaired) electrons. The number of rotatable bonds is 18. The summed E-state index contributed by atoms with van der Waals surface area (Å²) in [5, 5.41) is 9.88. The molecule has 2 aromatic carbocycles. The number of carbonyl (C=O) groups is 1. The number of aromatic carboxylic acids is 1. The van der Waals surface area contributed by atoms with Crippen LogP contribution in [0.2, 0.25) is 0 Å². The van der Waals surface area contributed by atoms with Gasteiger partial charge in [0.2, 0.25) is 5.72 Å². The largest absolute Gasteiger partial charge is 0.478 e. The lowest BCUT2D eigenvalue weighted by atomic mass is 9.76. The molecular weight excluding hydrogens is 506 g/mol. The number of benzene rings is 2. The van der Waals surface area contributed by atoms with Gasteiger partial charge in [0.25, 0.3) is 0 Å². The van der Waals surface area contributed by atoms with Crippen LogP contribution in [0, 0.1) is 0 Å². The van der Waals surface area contributed by atoms with Crippen LogP contribution >= 0.6 is 0 Å². The summed E-state index contributed by atoms with van der Waals surface area (Å²) in [4.78, 5) is 14.5. The van der Waals surface area contributed by atoms with E-state index in [1.165, 1.54) is 108 Å². The van der Waals surface area contributed by atoms with E-state index >= 15 is 0 Å². The third-order valence-electron chi connectivity index (χ3n) is 9.42. The summed E-state index contributed by atoms with van der Waals surface area (Å²) in [6.45, 7) is 7.61. The maximum Gasteiger partial charge on any atom is 0.339 e. The molecule has 224 valence electrons. The van der Waals surface area contributed by atoms with Crippen LogP contribution in [0.15, 0.2) is 48.5 Å². The number of hydrogen-bond donors (Lipinski definition) is 1. The summed E-state index contributed by atoms with van der Waals surface area (Å²) in [7, 11) is 0. The Balaban J connectivity index is 1.24. The van der Waals surface area contributed by atoms with Crippen LogP contribution in [0.5, 0.6) is 5.75 Å². The lowest BCUT2D eigenvalue weighted by Gasteiger charge is -2.47. The van der Waals surface area contributed by atoms with Crippen molar-refractivity contribution in [1.29, 1.82) is 0 Å². The van der Waals surface area contributed by atoms with Gasteiger partial charge in [-0.15, -0.1) is 0 Å². The molecule has 4 nitrogen and oxygen atoms in total. The van der Waals surface area contributed by atoms with Gasteiger partial charge in [0.05, 0.1) is 5.41 Å². The van der Waals surface area contributed by atoms with Crippen LogP contribution in [-0.4, -0.2) is 23.3 Å². The number of unbranched alkanes of at least 4 members (excludes halogenated alkanes) is 15. The molecule has 0 amide bonds. The second-order valence-corrected chi connectivity index (χ2v) is 12.8. The number of nitrogens with zero attached hydrogens (tertiary/aromatic N) is 1. The summed E-state index contributed by atoms with van der Waals surface area (Å²) in [6, 6.07) is 13.9. The minimum atomic E-state index is -0.954. The van der Waals surface area contributed by atoms with Crippen LogP contribution in [-0.2, 0) is 5.41 Å². The van der Waals surface area contributed by atoms with E-state index in [-0.39, 0.29) is 11.0 Å². The molecule has 2 aliphatic rings. The van der Waals surface area contributed by atoms with Gasteiger partial charge in [-0.2, -0.15) is 0 Å². The van der Waals surface area contributed by atoms with E-state index in [9.17, 15) is 9.90 Å². The van der Waals surface area contributed by atoms with Gasteiger partial charge in [-0.25, -0.2) is 4.79 Å². The van der Waals surface area contributed by atoms with Crippen LogP contribution in [0.4, 0.5) is 5.69 Å². The molecule has 2 heterocycles. The van der Waals surface area contributed by atoms with Crippen molar-refractivity contribution in [2.75, 3.05) is 11.4 Å². The first kappa shape index (κ1) is 31.2. The van der Waals surface area contributed by atoms with Gasteiger partial charge in [-0.05, 0) is 50.1 Å². The van der Waals surface area contributed by atoms with Crippen molar-refractivity contribution in [3.05, 3.63) is 65.2 Å². The molecule has 1 N–H and O–H groups in total. The normalized spacial score (nSPS) is 18.4. The van der Waals surface area contributed by atoms with Gasteiger partial charge in [-0.1, -0.05) is 134 Å². The second-order valence-electron chi connectivity index (χ2n) is 12.8. The van der Waals surface area contributed by atoms with Crippen LogP contribution in [0.1, 0.15) is 145 Å². The number of fused-ring (bicyclic) bond motifs is 2. The van der Waals surface area contributed by atoms with Gasteiger partial charge in [0.1, 0.15) is 11.3 Å². The van der Waals surface area contributed by atoms with E-state index in [1.54, 1.807) is 12.1 Å². The number of ether oxygens (including phenoxy) is 1. The molecule has 0 saturated heterocycles. The Hall–Kier alpha value is -2.75. The van der Waals surface area contributed by atoms with E-state index in [2.05, 4.69) is 62.1 Å². The molecular formula is C37H53NO3. The first-order valence-electron chi connectivity index (χ1n) is 16.5. The van der Waals surface area contributed by atoms with Gasteiger partial charge >= 0.3 is 5.97 Å².